The first-order valence-corrected chi connectivity index (χ1v) is 8.12. The topological polar surface area (TPSA) is 84.2 Å². The number of carbonyl (C=O) groups is 2. The minimum Gasteiger partial charge on any atom is -0.480 e. The molecule has 2 N–H and O–H groups in total. The highest BCUT2D eigenvalue weighted by molar-refractivity contribution is 9.10. The lowest BCUT2D eigenvalue weighted by Gasteiger charge is -2.15. The molecule has 0 bridgehead atoms. The molecular weight excluding hydrogens is 381 g/mol. The number of amides is 1. The summed E-state index contributed by atoms with van der Waals surface area (Å²) in [7, 11) is 0. The van der Waals surface area contributed by atoms with Crippen molar-refractivity contribution >= 4 is 27.8 Å². The maximum atomic E-state index is 13.0. The van der Waals surface area contributed by atoms with E-state index in [1.165, 1.54) is 28.9 Å². The summed E-state index contributed by atoms with van der Waals surface area (Å²) in [6.07, 6.45) is 1.87. The number of aromatic nitrogens is 2. The van der Waals surface area contributed by atoms with Crippen LogP contribution in [-0.4, -0.2) is 32.8 Å². The molecule has 0 unspecified atom stereocenters. The van der Waals surface area contributed by atoms with E-state index >= 15 is 0 Å². The Balaban J connectivity index is 2.21. The molecule has 6 nitrogen and oxygen atoms in total. The van der Waals surface area contributed by atoms with Gasteiger partial charge in [-0.1, -0.05) is 13.8 Å². The Morgan fingerprint density at radius 2 is 1.96 bits per heavy atom. The minimum absolute atomic E-state index is 0.0642. The second-order valence-corrected chi connectivity index (χ2v) is 6.59. The Morgan fingerprint density at radius 3 is 2.50 bits per heavy atom. The summed E-state index contributed by atoms with van der Waals surface area (Å²) in [5.74, 6) is -1.94. The van der Waals surface area contributed by atoms with Crippen LogP contribution in [0.15, 0.2) is 34.9 Å². The lowest BCUT2D eigenvalue weighted by Crippen LogP contribution is -2.41. The van der Waals surface area contributed by atoms with Gasteiger partial charge in [0.2, 0.25) is 0 Å². The van der Waals surface area contributed by atoms with Crippen molar-refractivity contribution in [2.24, 2.45) is 5.92 Å². The Morgan fingerprint density at radius 1 is 1.33 bits per heavy atom. The Kier molecular flexibility index (Phi) is 5.71. The van der Waals surface area contributed by atoms with Gasteiger partial charge in [-0.15, -0.1) is 0 Å². The highest BCUT2D eigenvalue weighted by atomic mass is 79.9. The van der Waals surface area contributed by atoms with Gasteiger partial charge < -0.3 is 10.4 Å². The predicted molar refractivity (Wildman–Crippen MR) is 89.6 cm³/mol. The molecule has 24 heavy (non-hydrogen) atoms. The van der Waals surface area contributed by atoms with Crippen LogP contribution in [0.3, 0.4) is 0 Å². The summed E-state index contributed by atoms with van der Waals surface area (Å²) in [6.45, 7) is 3.75. The SMILES string of the molecule is CC(C)C[C@@H](NC(=O)c1nn(-c2ccc(F)cc2)cc1Br)C(=O)O. The smallest absolute Gasteiger partial charge is 0.326 e. The largest absolute Gasteiger partial charge is 0.480 e. The Bertz CT molecular complexity index is 744. The van der Waals surface area contributed by atoms with E-state index in [-0.39, 0.29) is 17.4 Å². The fraction of sp³-hybridized carbons (Fsp3) is 0.312. The molecule has 0 spiro atoms. The number of nitrogens with zero attached hydrogens (tertiary/aromatic N) is 2. The normalized spacial score (nSPS) is 12.2. The summed E-state index contributed by atoms with van der Waals surface area (Å²) in [6, 6.07) is 4.63. The van der Waals surface area contributed by atoms with Crippen LogP contribution >= 0.6 is 15.9 Å². The van der Waals surface area contributed by atoms with Gasteiger partial charge in [0.25, 0.3) is 5.91 Å². The van der Waals surface area contributed by atoms with Crippen molar-refractivity contribution < 1.29 is 19.1 Å². The van der Waals surface area contributed by atoms with Crippen LogP contribution in [0.25, 0.3) is 5.69 Å². The van der Waals surface area contributed by atoms with Crippen LogP contribution in [0, 0.1) is 11.7 Å². The van der Waals surface area contributed by atoms with Gasteiger partial charge in [0.1, 0.15) is 11.9 Å². The first-order chi connectivity index (χ1) is 11.3. The number of carboxylic acids is 1. The van der Waals surface area contributed by atoms with E-state index in [1.54, 1.807) is 6.20 Å². The molecule has 0 saturated carbocycles. The first-order valence-electron chi connectivity index (χ1n) is 7.32. The molecular formula is C16H17BrFN3O3. The fourth-order valence-corrected chi connectivity index (χ4v) is 2.61. The number of carboxylic acid groups (broad SMARTS) is 1. The Hall–Kier alpha value is -2.22. The van der Waals surface area contributed by atoms with E-state index in [2.05, 4.69) is 26.3 Å². The third-order valence-corrected chi connectivity index (χ3v) is 3.87. The molecule has 2 rings (SSSR count). The third kappa shape index (κ3) is 4.41. The molecule has 2 aromatic rings. The molecule has 0 saturated heterocycles. The van der Waals surface area contributed by atoms with Crippen LogP contribution in [0.1, 0.15) is 30.8 Å². The molecule has 0 fully saturated rings. The summed E-state index contributed by atoms with van der Waals surface area (Å²) >= 11 is 3.24. The van der Waals surface area contributed by atoms with Crippen LogP contribution in [0.4, 0.5) is 4.39 Å². The molecule has 0 radical (unpaired) electrons. The third-order valence-electron chi connectivity index (χ3n) is 3.29. The van der Waals surface area contributed by atoms with Gasteiger partial charge in [-0.05, 0) is 52.5 Å². The molecule has 0 aliphatic carbocycles. The second-order valence-electron chi connectivity index (χ2n) is 5.74. The van der Waals surface area contributed by atoms with Crippen LogP contribution in [-0.2, 0) is 4.79 Å². The number of hydrogen-bond acceptors (Lipinski definition) is 3. The lowest BCUT2D eigenvalue weighted by molar-refractivity contribution is -0.139. The maximum absolute atomic E-state index is 13.0. The number of hydrogen-bond donors (Lipinski definition) is 2. The fourth-order valence-electron chi connectivity index (χ4n) is 2.15. The quantitative estimate of drug-likeness (QED) is 0.784. The molecule has 8 heteroatoms. The highest BCUT2D eigenvalue weighted by Crippen LogP contribution is 2.19. The average Bonchev–Trinajstić information content (AvgIpc) is 2.88. The van der Waals surface area contributed by atoms with Gasteiger partial charge in [-0.2, -0.15) is 5.10 Å². The second kappa shape index (κ2) is 7.57. The van der Waals surface area contributed by atoms with Gasteiger partial charge in [-0.25, -0.2) is 13.9 Å². The minimum atomic E-state index is -1.09. The number of carbonyl (C=O) groups excluding carboxylic acids is 1. The van der Waals surface area contributed by atoms with Crippen molar-refractivity contribution in [2.75, 3.05) is 0 Å². The van der Waals surface area contributed by atoms with E-state index in [0.717, 1.165) is 0 Å². The number of halogens is 2. The highest BCUT2D eigenvalue weighted by Gasteiger charge is 2.24. The van der Waals surface area contributed by atoms with Gasteiger partial charge in [0.15, 0.2) is 5.69 Å². The van der Waals surface area contributed by atoms with E-state index in [4.69, 9.17) is 0 Å². The summed E-state index contributed by atoms with van der Waals surface area (Å²) in [5, 5.41) is 15.8. The molecule has 1 amide bonds. The first kappa shape index (κ1) is 18.1. The molecule has 1 aromatic carbocycles. The lowest BCUT2D eigenvalue weighted by atomic mass is 10.0. The van der Waals surface area contributed by atoms with Gasteiger partial charge in [0.05, 0.1) is 10.2 Å². The monoisotopic (exact) mass is 397 g/mol. The Labute approximate surface area is 146 Å². The van der Waals surface area contributed by atoms with Crippen molar-refractivity contribution in [2.45, 2.75) is 26.3 Å². The van der Waals surface area contributed by atoms with Crippen molar-refractivity contribution in [1.29, 1.82) is 0 Å². The summed E-state index contributed by atoms with van der Waals surface area (Å²) in [5.41, 5.74) is 0.641. The van der Waals surface area contributed by atoms with E-state index < -0.39 is 17.9 Å². The summed E-state index contributed by atoms with van der Waals surface area (Å²) in [4.78, 5) is 23.6. The number of rotatable bonds is 6. The molecule has 0 aliphatic heterocycles. The van der Waals surface area contributed by atoms with Crippen molar-refractivity contribution in [1.82, 2.24) is 15.1 Å². The zero-order chi connectivity index (χ0) is 17.9. The van der Waals surface area contributed by atoms with Gasteiger partial charge in [0, 0.05) is 6.20 Å². The summed E-state index contributed by atoms with van der Waals surface area (Å²) < 4.78 is 14.8. The number of aliphatic carboxylic acids is 1. The van der Waals surface area contributed by atoms with Crippen molar-refractivity contribution in [3.05, 3.63) is 46.4 Å². The van der Waals surface area contributed by atoms with Crippen LogP contribution in [0.2, 0.25) is 0 Å². The van der Waals surface area contributed by atoms with E-state index in [9.17, 15) is 19.1 Å². The molecule has 1 aromatic heterocycles. The zero-order valence-electron chi connectivity index (χ0n) is 13.2. The average molecular weight is 398 g/mol. The molecule has 128 valence electrons. The maximum Gasteiger partial charge on any atom is 0.326 e. The zero-order valence-corrected chi connectivity index (χ0v) is 14.7. The van der Waals surface area contributed by atoms with E-state index in [0.29, 0.717) is 16.6 Å². The molecule has 0 aliphatic rings. The number of benzene rings is 1. The van der Waals surface area contributed by atoms with E-state index in [1.807, 2.05) is 13.8 Å². The van der Waals surface area contributed by atoms with Gasteiger partial charge in [-0.3, -0.25) is 4.79 Å². The number of nitrogens with one attached hydrogen (secondary N) is 1. The van der Waals surface area contributed by atoms with Gasteiger partial charge >= 0.3 is 5.97 Å². The van der Waals surface area contributed by atoms with Crippen LogP contribution < -0.4 is 5.32 Å². The standard InChI is InChI=1S/C16H17BrFN3O3/c1-9(2)7-13(16(23)24)19-15(22)14-12(17)8-21(20-14)11-5-3-10(18)4-6-11/h3-6,8-9,13H,7H2,1-2H3,(H,19,22)(H,23,24)/t13-/m1/s1. The van der Waals surface area contributed by atoms with Crippen molar-refractivity contribution in [3.8, 4) is 5.69 Å². The molecule has 1 heterocycles. The van der Waals surface area contributed by atoms with Crippen LogP contribution in [0.5, 0.6) is 0 Å². The van der Waals surface area contributed by atoms with Crippen molar-refractivity contribution in [3.63, 3.8) is 0 Å². The predicted octanol–water partition coefficient (Wildman–Crippen LogP) is 3.00. The molecule has 1 atom stereocenters.